The van der Waals surface area contributed by atoms with E-state index < -0.39 is 11.8 Å². The Balaban J connectivity index is 2.01. The van der Waals surface area contributed by atoms with Gasteiger partial charge in [0.1, 0.15) is 5.75 Å². The van der Waals surface area contributed by atoms with Crippen LogP contribution in [-0.4, -0.2) is 18.2 Å². The van der Waals surface area contributed by atoms with Crippen LogP contribution in [0, 0.1) is 0 Å². The molecule has 4 nitrogen and oxygen atoms in total. The SMILES string of the molecule is COc1ccc(-c2cccc(C(C(=O)NO)c3ccccc3)c2)cc1. The highest BCUT2D eigenvalue weighted by Gasteiger charge is 2.22. The first kappa shape index (κ1) is 16.7. The molecule has 1 amide bonds. The van der Waals surface area contributed by atoms with E-state index in [4.69, 9.17) is 9.94 Å². The van der Waals surface area contributed by atoms with Crippen molar-refractivity contribution < 1.29 is 14.7 Å². The number of carbonyl (C=O) groups excluding carboxylic acids is 1. The van der Waals surface area contributed by atoms with E-state index in [1.165, 1.54) is 0 Å². The fourth-order valence-corrected chi connectivity index (χ4v) is 2.89. The number of hydrogen-bond donors (Lipinski definition) is 2. The van der Waals surface area contributed by atoms with Crippen LogP contribution in [-0.2, 0) is 4.79 Å². The highest BCUT2D eigenvalue weighted by Crippen LogP contribution is 2.29. The minimum atomic E-state index is -0.579. The smallest absolute Gasteiger partial charge is 0.255 e. The predicted octanol–water partition coefficient (Wildman–Crippen LogP) is 4.00. The van der Waals surface area contributed by atoms with Crippen LogP contribution in [0.15, 0.2) is 78.9 Å². The molecule has 0 aromatic heterocycles. The van der Waals surface area contributed by atoms with E-state index in [1.54, 1.807) is 12.6 Å². The second-order valence-corrected chi connectivity index (χ2v) is 5.67. The van der Waals surface area contributed by atoms with Crippen molar-refractivity contribution in [1.29, 1.82) is 0 Å². The molecule has 2 N–H and O–H groups in total. The largest absolute Gasteiger partial charge is 0.497 e. The Labute approximate surface area is 146 Å². The first-order valence-electron chi connectivity index (χ1n) is 7.96. The van der Waals surface area contributed by atoms with E-state index in [0.717, 1.165) is 28.0 Å². The van der Waals surface area contributed by atoms with Gasteiger partial charge in [0.05, 0.1) is 13.0 Å². The molecule has 3 aromatic rings. The molecule has 0 aliphatic heterocycles. The van der Waals surface area contributed by atoms with Gasteiger partial charge in [-0.2, -0.15) is 0 Å². The van der Waals surface area contributed by atoms with E-state index in [1.807, 2.05) is 78.9 Å². The van der Waals surface area contributed by atoms with Crippen molar-refractivity contribution in [3.8, 4) is 16.9 Å². The zero-order valence-electron chi connectivity index (χ0n) is 13.8. The van der Waals surface area contributed by atoms with Crippen LogP contribution in [0.3, 0.4) is 0 Å². The summed E-state index contributed by atoms with van der Waals surface area (Å²) in [6.07, 6.45) is 0. The van der Waals surface area contributed by atoms with Crippen molar-refractivity contribution in [3.63, 3.8) is 0 Å². The summed E-state index contributed by atoms with van der Waals surface area (Å²) in [5, 5.41) is 9.16. The van der Waals surface area contributed by atoms with Crippen molar-refractivity contribution in [1.82, 2.24) is 5.48 Å². The van der Waals surface area contributed by atoms with Crippen LogP contribution in [0.4, 0.5) is 0 Å². The van der Waals surface area contributed by atoms with Crippen molar-refractivity contribution in [3.05, 3.63) is 90.0 Å². The number of rotatable bonds is 5. The highest BCUT2D eigenvalue weighted by molar-refractivity contribution is 5.86. The molecule has 25 heavy (non-hydrogen) atoms. The molecular weight excluding hydrogens is 314 g/mol. The molecule has 3 rings (SSSR count). The van der Waals surface area contributed by atoms with Gasteiger partial charge in [0.2, 0.25) is 0 Å². The van der Waals surface area contributed by atoms with Gasteiger partial charge in [0.15, 0.2) is 0 Å². The Bertz CT molecular complexity index is 845. The molecule has 4 heteroatoms. The van der Waals surface area contributed by atoms with E-state index in [0.29, 0.717) is 0 Å². The Hall–Kier alpha value is -3.11. The first-order valence-corrected chi connectivity index (χ1v) is 7.96. The monoisotopic (exact) mass is 333 g/mol. The predicted molar refractivity (Wildman–Crippen MR) is 96.6 cm³/mol. The molecule has 3 aromatic carbocycles. The van der Waals surface area contributed by atoms with Crippen molar-refractivity contribution in [2.45, 2.75) is 5.92 Å². The van der Waals surface area contributed by atoms with Gasteiger partial charge in [0, 0.05) is 0 Å². The lowest BCUT2D eigenvalue weighted by molar-refractivity contribution is -0.129. The quantitative estimate of drug-likeness (QED) is 0.548. The minimum Gasteiger partial charge on any atom is -0.497 e. The van der Waals surface area contributed by atoms with Gasteiger partial charge in [-0.15, -0.1) is 0 Å². The number of methoxy groups -OCH3 is 1. The number of hydroxylamine groups is 1. The Morgan fingerprint density at radius 1 is 0.880 bits per heavy atom. The van der Waals surface area contributed by atoms with Crippen LogP contribution in [0.2, 0.25) is 0 Å². The fraction of sp³-hybridized carbons (Fsp3) is 0.0952. The number of amides is 1. The van der Waals surface area contributed by atoms with E-state index >= 15 is 0 Å². The Morgan fingerprint density at radius 2 is 1.56 bits per heavy atom. The average Bonchev–Trinajstić information content (AvgIpc) is 2.69. The third-order valence-corrected chi connectivity index (χ3v) is 4.15. The summed E-state index contributed by atoms with van der Waals surface area (Å²) in [5.41, 5.74) is 5.43. The summed E-state index contributed by atoms with van der Waals surface area (Å²) < 4.78 is 5.19. The zero-order valence-corrected chi connectivity index (χ0v) is 13.8. The van der Waals surface area contributed by atoms with Gasteiger partial charge in [-0.3, -0.25) is 10.0 Å². The Kier molecular flexibility index (Phi) is 5.11. The van der Waals surface area contributed by atoms with Crippen LogP contribution >= 0.6 is 0 Å². The molecule has 0 aliphatic carbocycles. The normalized spacial score (nSPS) is 11.6. The lowest BCUT2D eigenvalue weighted by Crippen LogP contribution is -2.27. The summed E-state index contributed by atoms with van der Waals surface area (Å²) >= 11 is 0. The van der Waals surface area contributed by atoms with E-state index in [2.05, 4.69) is 0 Å². The van der Waals surface area contributed by atoms with Gasteiger partial charge in [-0.25, -0.2) is 5.48 Å². The zero-order chi connectivity index (χ0) is 17.6. The summed E-state index contributed by atoms with van der Waals surface area (Å²) in [6.45, 7) is 0. The van der Waals surface area contributed by atoms with Gasteiger partial charge in [0.25, 0.3) is 5.91 Å². The molecule has 0 aliphatic rings. The number of ether oxygens (including phenoxy) is 1. The number of carbonyl (C=O) groups is 1. The van der Waals surface area contributed by atoms with Crippen LogP contribution in [0.25, 0.3) is 11.1 Å². The maximum absolute atomic E-state index is 12.3. The third-order valence-electron chi connectivity index (χ3n) is 4.15. The van der Waals surface area contributed by atoms with Crippen LogP contribution < -0.4 is 10.2 Å². The van der Waals surface area contributed by atoms with Crippen LogP contribution in [0.5, 0.6) is 5.75 Å². The standard InChI is InChI=1S/C21H19NO3/c1-25-19-12-10-15(11-13-19)17-8-5-9-18(14-17)20(21(23)22-24)16-6-3-2-4-7-16/h2-14,20,24H,1H3,(H,22,23). The molecule has 0 heterocycles. The maximum atomic E-state index is 12.3. The first-order chi connectivity index (χ1) is 12.2. The topological polar surface area (TPSA) is 58.6 Å². The molecular formula is C21H19NO3. The highest BCUT2D eigenvalue weighted by atomic mass is 16.5. The summed E-state index contributed by atoms with van der Waals surface area (Å²) in [7, 11) is 1.63. The van der Waals surface area contributed by atoms with E-state index in [9.17, 15) is 4.79 Å². The van der Waals surface area contributed by atoms with Crippen molar-refractivity contribution in [2.24, 2.45) is 0 Å². The fourth-order valence-electron chi connectivity index (χ4n) is 2.89. The van der Waals surface area contributed by atoms with Crippen LogP contribution in [0.1, 0.15) is 17.0 Å². The van der Waals surface area contributed by atoms with Gasteiger partial charge in [-0.05, 0) is 34.4 Å². The van der Waals surface area contributed by atoms with E-state index in [-0.39, 0.29) is 0 Å². The molecule has 1 unspecified atom stereocenters. The third kappa shape index (κ3) is 3.70. The minimum absolute atomic E-state index is 0.460. The molecule has 1 atom stereocenters. The lowest BCUT2D eigenvalue weighted by Gasteiger charge is -2.17. The van der Waals surface area contributed by atoms with Crippen molar-refractivity contribution in [2.75, 3.05) is 7.11 Å². The average molecular weight is 333 g/mol. The number of nitrogens with one attached hydrogen (secondary N) is 1. The number of benzene rings is 3. The molecule has 0 saturated carbocycles. The molecule has 0 spiro atoms. The summed E-state index contributed by atoms with van der Waals surface area (Å²) in [5.74, 6) is -0.246. The molecule has 0 saturated heterocycles. The van der Waals surface area contributed by atoms with Gasteiger partial charge in [-0.1, -0.05) is 66.7 Å². The van der Waals surface area contributed by atoms with Crippen molar-refractivity contribution >= 4 is 5.91 Å². The molecule has 0 bridgehead atoms. The summed E-state index contributed by atoms with van der Waals surface area (Å²) in [6, 6.07) is 24.9. The molecule has 0 radical (unpaired) electrons. The Morgan fingerprint density at radius 3 is 2.20 bits per heavy atom. The van der Waals surface area contributed by atoms with Gasteiger partial charge < -0.3 is 4.74 Å². The lowest BCUT2D eigenvalue weighted by atomic mass is 9.89. The second-order valence-electron chi connectivity index (χ2n) is 5.67. The maximum Gasteiger partial charge on any atom is 0.255 e. The molecule has 0 fully saturated rings. The number of hydrogen-bond acceptors (Lipinski definition) is 3. The summed E-state index contributed by atoms with van der Waals surface area (Å²) in [4.78, 5) is 12.3. The second kappa shape index (κ2) is 7.64. The van der Waals surface area contributed by atoms with Gasteiger partial charge >= 0.3 is 0 Å². The molecule has 126 valence electrons.